The van der Waals surface area contributed by atoms with Gasteiger partial charge in [-0.05, 0) is 25.0 Å². The van der Waals surface area contributed by atoms with Crippen molar-refractivity contribution in [2.24, 2.45) is 0 Å². The molecular formula is C18H23N5O. The summed E-state index contributed by atoms with van der Waals surface area (Å²) in [6.45, 7) is 3.50. The highest BCUT2D eigenvalue weighted by Gasteiger charge is 2.25. The molecule has 2 aromatic rings. The van der Waals surface area contributed by atoms with Gasteiger partial charge < -0.3 is 10.2 Å². The minimum atomic E-state index is 0.218. The molecule has 24 heavy (non-hydrogen) atoms. The SMILES string of the molecule is CCC(=O)N1CCCC(c2cc(NC)nc(-c3cccnc3)n2)C1. The van der Waals surface area contributed by atoms with Crippen LogP contribution in [0.2, 0.25) is 0 Å². The highest BCUT2D eigenvalue weighted by atomic mass is 16.2. The van der Waals surface area contributed by atoms with Gasteiger partial charge in [0.15, 0.2) is 5.82 Å². The summed E-state index contributed by atoms with van der Waals surface area (Å²) in [6.07, 6.45) is 6.12. The topological polar surface area (TPSA) is 71.0 Å². The van der Waals surface area contributed by atoms with E-state index in [1.807, 2.05) is 37.1 Å². The lowest BCUT2D eigenvalue weighted by Crippen LogP contribution is -2.39. The molecule has 0 radical (unpaired) electrons. The molecule has 3 rings (SSSR count). The van der Waals surface area contributed by atoms with Crippen molar-refractivity contribution >= 4 is 11.7 Å². The Balaban J connectivity index is 1.91. The van der Waals surface area contributed by atoms with Gasteiger partial charge in [0, 0.05) is 56.5 Å². The molecule has 6 nitrogen and oxygen atoms in total. The normalized spacial score (nSPS) is 17.6. The smallest absolute Gasteiger partial charge is 0.222 e. The van der Waals surface area contributed by atoms with Gasteiger partial charge >= 0.3 is 0 Å². The van der Waals surface area contributed by atoms with Crippen molar-refractivity contribution in [1.29, 1.82) is 0 Å². The van der Waals surface area contributed by atoms with E-state index in [1.54, 1.807) is 12.4 Å². The van der Waals surface area contributed by atoms with Crippen LogP contribution >= 0.6 is 0 Å². The number of hydrogen-bond donors (Lipinski definition) is 1. The van der Waals surface area contributed by atoms with Crippen molar-refractivity contribution in [2.45, 2.75) is 32.1 Å². The fourth-order valence-electron chi connectivity index (χ4n) is 3.10. The summed E-state index contributed by atoms with van der Waals surface area (Å²) < 4.78 is 0. The maximum atomic E-state index is 12.0. The standard InChI is InChI=1S/C18H23N5O/c1-3-17(24)23-9-5-7-14(12-23)15-10-16(19-2)22-18(21-15)13-6-4-8-20-11-13/h4,6,8,10-11,14H,3,5,7,9,12H2,1-2H3,(H,19,21,22). The van der Waals surface area contributed by atoms with Crippen LogP contribution in [-0.2, 0) is 4.79 Å². The molecule has 0 saturated carbocycles. The van der Waals surface area contributed by atoms with Gasteiger partial charge in [-0.25, -0.2) is 9.97 Å². The number of hydrogen-bond acceptors (Lipinski definition) is 5. The number of nitrogens with one attached hydrogen (secondary N) is 1. The summed E-state index contributed by atoms with van der Waals surface area (Å²) in [4.78, 5) is 27.4. The summed E-state index contributed by atoms with van der Waals surface area (Å²) in [6, 6.07) is 5.83. The van der Waals surface area contributed by atoms with Crippen LogP contribution in [-0.4, -0.2) is 45.9 Å². The number of aromatic nitrogens is 3. The Morgan fingerprint density at radius 1 is 1.42 bits per heavy atom. The summed E-state index contributed by atoms with van der Waals surface area (Å²) in [7, 11) is 1.85. The predicted molar refractivity (Wildman–Crippen MR) is 93.7 cm³/mol. The van der Waals surface area contributed by atoms with Crippen LogP contribution in [0, 0.1) is 0 Å². The molecule has 2 aromatic heterocycles. The molecule has 3 heterocycles. The molecule has 0 aliphatic carbocycles. The fourth-order valence-corrected chi connectivity index (χ4v) is 3.10. The lowest BCUT2D eigenvalue weighted by Gasteiger charge is -2.32. The van der Waals surface area contributed by atoms with Crippen LogP contribution < -0.4 is 5.32 Å². The van der Waals surface area contributed by atoms with Gasteiger partial charge in [-0.3, -0.25) is 9.78 Å². The first-order valence-corrected chi connectivity index (χ1v) is 8.46. The van der Waals surface area contributed by atoms with Gasteiger partial charge in [-0.15, -0.1) is 0 Å². The van der Waals surface area contributed by atoms with E-state index in [0.29, 0.717) is 12.2 Å². The Morgan fingerprint density at radius 2 is 2.29 bits per heavy atom. The third-order valence-electron chi connectivity index (χ3n) is 4.42. The Labute approximate surface area is 142 Å². The molecule has 1 unspecified atom stereocenters. The molecule has 0 spiro atoms. The fraction of sp³-hybridized carbons (Fsp3) is 0.444. The minimum Gasteiger partial charge on any atom is -0.373 e. The van der Waals surface area contributed by atoms with Crippen LogP contribution in [0.4, 0.5) is 5.82 Å². The van der Waals surface area contributed by atoms with Crippen molar-refractivity contribution in [1.82, 2.24) is 19.9 Å². The summed E-state index contributed by atoms with van der Waals surface area (Å²) >= 11 is 0. The molecule has 126 valence electrons. The highest BCUT2D eigenvalue weighted by Crippen LogP contribution is 2.28. The number of pyridine rings is 1. The Kier molecular flexibility index (Phi) is 5.03. The Hall–Kier alpha value is -2.50. The number of nitrogens with zero attached hydrogens (tertiary/aromatic N) is 4. The van der Waals surface area contributed by atoms with Crippen molar-refractivity contribution in [3.05, 3.63) is 36.3 Å². The molecule has 1 saturated heterocycles. The molecule has 1 aliphatic rings. The van der Waals surface area contributed by atoms with Gasteiger partial charge in [0.05, 0.1) is 5.69 Å². The minimum absolute atomic E-state index is 0.218. The zero-order valence-electron chi connectivity index (χ0n) is 14.2. The largest absolute Gasteiger partial charge is 0.373 e. The van der Waals surface area contributed by atoms with Crippen LogP contribution in [0.5, 0.6) is 0 Å². The van der Waals surface area contributed by atoms with E-state index in [9.17, 15) is 4.79 Å². The van der Waals surface area contributed by atoms with Crippen molar-refractivity contribution in [3.8, 4) is 11.4 Å². The van der Waals surface area contributed by atoms with Crippen LogP contribution in [0.25, 0.3) is 11.4 Å². The van der Waals surface area contributed by atoms with E-state index in [2.05, 4.69) is 15.3 Å². The van der Waals surface area contributed by atoms with Crippen molar-refractivity contribution < 1.29 is 4.79 Å². The van der Waals surface area contributed by atoms with E-state index in [4.69, 9.17) is 4.98 Å². The maximum Gasteiger partial charge on any atom is 0.222 e. The molecule has 0 bridgehead atoms. The molecule has 6 heteroatoms. The zero-order chi connectivity index (χ0) is 16.9. The Bertz CT molecular complexity index is 704. The van der Waals surface area contributed by atoms with E-state index in [0.717, 1.165) is 43.0 Å². The van der Waals surface area contributed by atoms with E-state index >= 15 is 0 Å². The van der Waals surface area contributed by atoms with Gasteiger partial charge in [0.1, 0.15) is 5.82 Å². The van der Waals surface area contributed by atoms with Crippen LogP contribution in [0.1, 0.15) is 37.8 Å². The van der Waals surface area contributed by atoms with E-state index < -0.39 is 0 Å². The molecule has 1 aliphatic heterocycles. The van der Waals surface area contributed by atoms with E-state index in [1.165, 1.54) is 0 Å². The molecule has 1 amide bonds. The Morgan fingerprint density at radius 3 is 3.00 bits per heavy atom. The van der Waals surface area contributed by atoms with Gasteiger partial charge in [-0.1, -0.05) is 6.92 Å². The zero-order valence-corrected chi connectivity index (χ0v) is 14.2. The average molecular weight is 325 g/mol. The second-order valence-electron chi connectivity index (χ2n) is 6.03. The molecular weight excluding hydrogens is 302 g/mol. The van der Waals surface area contributed by atoms with Crippen LogP contribution in [0.15, 0.2) is 30.6 Å². The maximum absolute atomic E-state index is 12.0. The number of rotatable bonds is 4. The van der Waals surface area contributed by atoms with E-state index in [-0.39, 0.29) is 11.8 Å². The molecule has 1 atom stereocenters. The van der Waals surface area contributed by atoms with Crippen molar-refractivity contribution in [2.75, 3.05) is 25.5 Å². The first kappa shape index (κ1) is 16.4. The third-order valence-corrected chi connectivity index (χ3v) is 4.42. The predicted octanol–water partition coefficient (Wildman–Crippen LogP) is 2.70. The van der Waals surface area contributed by atoms with Gasteiger partial charge in [0.25, 0.3) is 0 Å². The molecule has 1 N–H and O–H groups in total. The monoisotopic (exact) mass is 325 g/mol. The first-order chi connectivity index (χ1) is 11.7. The first-order valence-electron chi connectivity index (χ1n) is 8.46. The lowest BCUT2D eigenvalue weighted by atomic mass is 9.94. The third kappa shape index (κ3) is 3.53. The highest BCUT2D eigenvalue weighted by molar-refractivity contribution is 5.76. The second-order valence-corrected chi connectivity index (χ2v) is 6.03. The number of carbonyl (C=O) groups is 1. The summed E-state index contributed by atoms with van der Waals surface area (Å²) in [5, 5.41) is 3.11. The molecule has 1 fully saturated rings. The van der Waals surface area contributed by atoms with Crippen LogP contribution in [0.3, 0.4) is 0 Å². The number of piperidine rings is 1. The second kappa shape index (κ2) is 7.38. The number of amides is 1. The lowest BCUT2D eigenvalue weighted by molar-refractivity contribution is -0.132. The molecule has 0 aromatic carbocycles. The van der Waals surface area contributed by atoms with Gasteiger partial charge in [0.2, 0.25) is 5.91 Å². The number of anilines is 1. The summed E-state index contributed by atoms with van der Waals surface area (Å²) in [5.41, 5.74) is 1.88. The van der Waals surface area contributed by atoms with Crippen molar-refractivity contribution in [3.63, 3.8) is 0 Å². The van der Waals surface area contributed by atoms with Gasteiger partial charge in [-0.2, -0.15) is 0 Å². The summed E-state index contributed by atoms with van der Waals surface area (Å²) in [5.74, 6) is 1.93. The number of likely N-dealkylation sites (tertiary alicyclic amines) is 1. The quantitative estimate of drug-likeness (QED) is 0.936. The number of carbonyl (C=O) groups excluding carboxylic acids is 1. The average Bonchev–Trinajstić information content (AvgIpc) is 2.67.